The van der Waals surface area contributed by atoms with Crippen LogP contribution in [0, 0.1) is 10.1 Å². The number of benzene rings is 1. The molecule has 22 heavy (non-hydrogen) atoms. The standard InChI is InChI=1S/C14H12N2O5S/c17-14(12-3-4-13(22-12)16(18)19)15-6-5-9-1-2-10-11(7-9)21-8-20-10/h1-4,7H,5-6,8H2,(H,15,17). The normalized spacial score (nSPS) is 12.2. The lowest BCUT2D eigenvalue weighted by molar-refractivity contribution is -0.380. The largest absolute Gasteiger partial charge is 0.454 e. The molecule has 0 saturated heterocycles. The Bertz CT molecular complexity index is 728. The van der Waals surface area contributed by atoms with Crippen LogP contribution in [0.15, 0.2) is 30.3 Å². The van der Waals surface area contributed by atoms with Crippen molar-refractivity contribution < 1.29 is 19.2 Å². The zero-order valence-corrected chi connectivity index (χ0v) is 12.2. The number of nitrogens with one attached hydrogen (secondary N) is 1. The van der Waals surface area contributed by atoms with Gasteiger partial charge >= 0.3 is 5.00 Å². The Morgan fingerprint density at radius 3 is 2.86 bits per heavy atom. The van der Waals surface area contributed by atoms with E-state index in [9.17, 15) is 14.9 Å². The van der Waals surface area contributed by atoms with Crippen LogP contribution in [-0.4, -0.2) is 24.2 Å². The Kier molecular flexibility index (Phi) is 3.92. The molecule has 8 heteroatoms. The maximum Gasteiger partial charge on any atom is 0.324 e. The highest BCUT2D eigenvalue weighted by Crippen LogP contribution is 2.32. The van der Waals surface area contributed by atoms with Crippen molar-refractivity contribution in [3.8, 4) is 11.5 Å². The summed E-state index contributed by atoms with van der Waals surface area (Å²) in [5.41, 5.74) is 1.02. The molecule has 1 N–H and O–H groups in total. The molecular weight excluding hydrogens is 308 g/mol. The van der Waals surface area contributed by atoms with E-state index in [-0.39, 0.29) is 17.7 Å². The Morgan fingerprint density at radius 2 is 2.09 bits per heavy atom. The molecule has 114 valence electrons. The van der Waals surface area contributed by atoms with Crippen LogP contribution < -0.4 is 14.8 Å². The minimum Gasteiger partial charge on any atom is -0.454 e. The van der Waals surface area contributed by atoms with Gasteiger partial charge in [-0.2, -0.15) is 0 Å². The minimum atomic E-state index is -0.506. The zero-order valence-electron chi connectivity index (χ0n) is 11.4. The van der Waals surface area contributed by atoms with Crippen molar-refractivity contribution in [2.75, 3.05) is 13.3 Å². The second-order valence-electron chi connectivity index (χ2n) is 4.59. The topological polar surface area (TPSA) is 90.7 Å². The van der Waals surface area contributed by atoms with E-state index < -0.39 is 4.92 Å². The molecule has 1 aliphatic rings. The third-order valence-corrected chi connectivity index (χ3v) is 4.17. The Balaban J connectivity index is 1.54. The van der Waals surface area contributed by atoms with Crippen LogP contribution in [0.1, 0.15) is 15.2 Å². The highest BCUT2D eigenvalue weighted by atomic mass is 32.1. The molecule has 1 aromatic heterocycles. The molecule has 0 fully saturated rings. The summed E-state index contributed by atoms with van der Waals surface area (Å²) in [5.74, 6) is 1.12. The van der Waals surface area contributed by atoms with Crippen LogP contribution in [0.2, 0.25) is 0 Å². The van der Waals surface area contributed by atoms with Crippen LogP contribution in [0.4, 0.5) is 5.00 Å². The number of fused-ring (bicyclic) bond motifs is 1. The van der Waals surface area contributed by atoms with E-state index in [1.807, 2.05) is 18.2 Å². The second kappa shape index (κ2) is 6.02. The molecule has 0 radical (unpaired) electrons. The number of nitro groups is 1. The minimum absolute atomic E-state index is 0.0408. The second-order valence-corrected chi connectivity index (χ2v) is 5.65. The van der Waals surface area contributed by atoms with Crippen LogP contribution >= 0.6 is 11.3 Å². The van der Waals surface area contributed by atoms with Gasteiger partial charge in [0.1, 0.15) is 0 Å². The van der Waals surface area contributed by atoms with Crippen LogP contribution in [0.5, 0.6) is 11.5 Å². The summed E-state index contributed by atoms with van der Waals surface area (Å²) >= 11 is 0.864. The van der Waals surface area contributed by atoms with Crippen molar-refractivity contribution in [3.63, 3.8) is 0 Å². The molecule has 1 amide bonds. The lowest BCUT2D eigenvalue weighted by Gasteiger charge is -2.05. The molecule has 0 unspecified atom stereocenters. The van der Waals surface area contributed by atoms with Crippen LogP contribution in [0.25, 0.3) is 0 Å². The van der Waals surface area contributed by atoms with Crippen LogP contribution in [-0.2, 0) is 6.42 Å². The number of hydrogen-bond acceptors (Lipinski definition) is 6. The van der Waals surface area contributed by atoms with E-state index in [2.05, 4.69) is 5.32 Å². The van der Waals surface area contributed by atoms with E-state index in [4.69, 9.17) is 9.47 Å². The number of hydrogen-bond donors (Lipinski definition) is 1. The lowest BCUT2D eigenvalue weighted by atomic mass is 10.1. The maximum atomic E-state index is 11.9. The van der Waals surface area contributed by atoms with Crippen LogP contribution in [0.3, 0.4) is 0 Å². The monoisotopic (exact) mass is 320 g/mol. The van der Waals surface area contributed by atoms with Gasteiger partial charge in [-0.3, -0.25) is 14.9 Å². The molecule has 1 aromatic carbocycles. The quantitative estimate of drug-likeness (QED) is 0.674. The maximum absolute atomic E-state index is 11.9. The Morgan fingerprint density at radius 1 is 1.27 bits per heavy atom. The van der Waals surface area contributed by atoms with E-state index in [1.165, 1.54) is 12.1 Å². The van der Waals surface area contributed by atoms with Crippen molar-refractivity contribution in [3.05, 3.63) is 50.9 Å². The first-order valence-electron chi connectivity index (χ1n) is 6.54. The molecule has 0 atom stereocenters. The number of rotatable bonds is 5. The van der Waals surface area contributed by atoms with Gasteiger partial charge in [0, 0.05) is 12.6 Å². The summed E-state index contributed by atoms with van der Waals surface area (Å²) in [6.07, 6.45) is 0.635. The molecule has 0 aliphatic carbocycles. The summed E-state index contributed by atoms with van der Waals surface area (Å²) in [6.45, 7) is 0.664. The third kappa shape index (κ3) is 3.01. The predicted octanol–water partition coefficient (Wildman–Crippen LogP) is 2.36. The predicted molar refractivity (Wildman–Crippen MR) is 79.6 cm³/mol. The molecule has 2 aromatic rings. The zero-order chi connectivity index (χ0) is 15.5. The van der Waals surface area contributed by atoms with Crippen molar-refractivity contribution in [1.29, 1.82) is 0 Å². The first-order valence-corrected chi connectivity index (χ1v) is 7.36. The van der Waals surface area contributed by atoms with Gasteiger partial charge in [-0.1, -0.05) is 17.4 Å². The number of carbonyl (C=O) groups excluding carboxylic acids is 1. The van der Waals surface area contributed by atoms with Crippen molar-refractivity contribution in [2.45, 2.75) is 6.42 Å². The average molecular weight is 320 g/mol. The molecule has 1 aliphatic heterocycles. The summed E-state index contributed by atoms with van der Waals surface area (Å²) in [6, 6.07) is 8.42. The summed E-state index contributed by atoms with van der Waals surface area (Å²) < 4.78 is 10.5. The van der Waals surface area contributed by atoms with E-state index in [0.29, 0.717) is 23.6 Å². The number of nitrogens with zero attached hydrogens (tertiary/aromatic N) is 1. The molecule has 0 bridgehead atoms. The van der Waals surface area contributed by atoms with Gasteiger partial charge in [0.15, 0.2) is 11.5 Å². The highest BCUT2D eigenvalue weighted by molar-refractivity contribution is 7.17. The molecule has 7 nitrogen and oxygen atoms in total. The summed E-state index contributed by atoms with van der Waals surface area (Å²) in [4.78, 5) is 22.3. The van der Waals surface area contributed by atoms with Gasteiger partial charge in [-0.15, -0.1) is 0 Å². The molecule has 3 rings (SSSR count). The fourth-order valence-electron chi connectivity index (χ4n) is 2.05. The summed E-state index contributed by atoms with van der Waals surface area (Å²) in [7, 11) is 0. The van der Waals surface area contributed by atoms with Gasteiger partial charge in [0.05, 0.1) is 9.80 Å². The van der Waals surface area contributed by atoms with Gasteiger partial charge in [-0.25, -0.2) is 0 Å². The van der Waals surface area contributed by atoms with Gasteiger partial charge < -0.3 is 14.8 Å². The van der Waals surface area contributed by atoms with Gasteiger partial charge in [-0.05, 0) is 30.2 Å². The molecule has 0 spiro atoms. The number of carbonyl (C=O) groups is 1. The first-order chi connectivity index (χ1) is 10.6. The molecular formula is C14H12N2O5S. The average Bonchev–Trinajstić information content (AvgIpc) is 3.16. The van der Waals surface area contributed by atoms with Crippen molar-refractivity contribution in [1.82, 2.24) is 5.32 Å². The van der Waals surface area contributed by atoms with E-state index >= 15 is 0 Å². The Hall–Kier alpha value is -2.61. The molecule has 0 saturated carbocycles. The Labute approximate surface area is 129 Å². The van der Waals surface area contributed by atoms with E-state index in [0.717, 1.165) is 22.6 Å². The molecule has 2 heterocycles. The lowest BCUT2D eigenvalue weighted by Crippen LogP contribution is -2.24. The number of thiophene rings is 1. The van der Waals surface area contributed by atoms with E-state index in [1.54, 1.807) is 0 Å². The third-order valence-electron chi connectivity index (χ3n) is 3.13. The number of amides is 1. The fraction of sp³-hybridized carbons (Fsp3) is 0.214. The van der Waals surface area contributed by atoms with Crippen molar-refractivity contribution in [2.24, 2.45) is 0 Å². The summed E-state index contributed by atoms with van der Waals surface area (Å²) in [5, 5.41) is 13.3. The smallest absolute Gasteiger partial charge is 0.324 e. The fourth-order valence-corrected chi connectivity index (χ4v) is 2.79. The first kappa shape index (κ1) is 14.3. The highest BCUT2D eigenvalue weighted by Gasteiger charge is 2.15. The number of ether oxygens (including phenoxy) is 2. The van der Waals surface area contributed by atoms with Gasteiger partial charge in [0.2, 0.25) is 6.79 Å². The SMILES string of the molecule is O=C(NCCc1ccc2c(c1)OCO2)c1ccc([N+](=O)[O-])s1. The van der Waals surface area contributed by atoms with Gasteiger partial charge in [0.25, 0.3) is 5.91 Å². The van der Waals surface area contributed by atoms with Crippen molar-refractivity contribution >= 4 is 22.2 Å².